The summed E-state index contributed by atoms with van der Waals surface area (Å²) in [7, 11) is 0. The van der Waals surface area contributed by atoms with Crippen molar-refractivity contribution in [3.05, 3.63) is 23.3 Å². The first kappa shape index (κ1) is 77.4. The molecule has 0 aromatic rings. The highest BCUT2D eigenvalue weighted by atomic mass is 16.8. The van der Waals surface area contributed by atoms with Gasteiger partial charge in [0.2, 0.25) is 0 Å². The van der Waals surface area contributed by atoms with Crippen molar-refractivity contribution in [2.24, 2.45) is 45.3 Å². The molecule has 0 aromatic carbocycles. The van der Waals surface area contributed by atoms with Gasteiger partial charge in [0.05, 0.1) is 63.4 Å². The molecule has 0 spiro atoms. The van der Waals surface area contributed by atoms with Crippen molar-refractivity contribution in [1.82, 2.24) is 0 Å². The largest absolute Gasteiger partial charge is 0.481 e. The highest BCUT2D eigenvalue weighted by Gasteiger charge is 2.69. The second-order valence-electron chi connectivity index (χ2n) is 30.2. The molecule has 18 N–H and O–H groups in total. The Labute approximate surface area is 563 Å². The maximum Gasteiger partial charge on any atom is 0.314 e. The lowest BCUT2D eigenvalue weighted by atomic mass is 9.43. The predicted molar refractivity (Wildman–Crippen MR) is 328 cm³/mol. The summed E-state index contributed by atoms with van der Waals surface area (Å²) in [6, 6.07) is 0. The summed E-state index contributed by atoms with van der Waals surface area (Å²) in [6.45, 7) is 14.6. The standard InChI is InChI=1S/C66H108O31/c1-26(2)27(3)9-10-28(4)30-14-18-66(62(84)85)32-11-12-39-63(5,6)40(15-16-64(39,7)31(32)13-17-65(30,66)8)93-60-55(97-59-50(82)46(78)42(74)36(22-69)90-59)52(33(72)25-86-60)94-56-44(76)34(19-29(20-67)87-56)88-57-51(83)48(80)53(38(24-71)92-57)95-61-54(47(79)43(75)37(23-70)91-61)96-58-49(81)45(77)41(73)35(21-68)89-58/h26,28-30,33-61,67-83H,3,9-25H2,1-2,4-8H3,(H,84,85)/t28-,29+,30-,33+,34+,35-,36-,37-,38-,39+,40+,41-,42+,43-,44-,45+,46+,47+,48-,49-,50-,51-,52+,53+,54-,55-,56+,57-,58+,59+,60+,61+,64-,65-,66+/m1/s1. The Morgan fingerprint density at radius 2 is 1.03 bits per heavy atom. The Hall–Kier alpha value is -2.21. The molecule has 35 atom stereocenters. The first-order chi connectivity index (χ1) is 45.8. The van der Waals surface area contributed by atoms with Gasteiger partial charge in [0, 0.05) is 6.42 Å². The fourth-order valence-electron chi connectivity index (χ4n) is 18.3. The number of carboxylic acid groups (broad SMARTS) is 1. The topological polar surface area (TPSA) is 492 Å². The van der Waals surface area contributed by atoms with Gasteiger partial charge in [0.1, 0.15) is 122 Å². The van der Waals surface area contributed by atoms with Crippen LogP contribution in [0.4, 0.5) is 0 Å². The number of allylic oxidation sites excluding steroid dienone is 2. The van der Waals surface area contributed by atoms with Crippen LogP contribution < -0.4 is 0 Å². The lowest BCUT2D eigenvalue weighted by molar-refractivity contribution is -0.398. The summed E-state index contributed by atoms with van der Waals surface area (Å²) >= 11 is 0. The van der Waals surface area contributed by atoms with Crippen LogP contribution in [0, 0.1) is 45.3 Å². The molecule has 6 heterocycles. The van der Waals surface area contributed by atoms with Gasteiger partial charge in [-0.05, 0) is 104 Å². The van der Waals surface area contributed by atoms with Gasteiger partial charge < -0.3 is 149 Å². The smallest absolute Gasteiger partial charge is 0.314 e. The molecule has 0 radical (unpaired) electrons. The van der Waals surface area contributed by atoms with Gasteiger partial charge in [-0.3, -0.25) is 4.79 Å². The number of aliphatic hydroxyl groups excluding tert-OH is 17. The third-order valence-corrected chi connectivity index (χ3v) is 24.2. The van der Waals surface area contributed by atoms with Gasteiger partial charge in [-0.25, -0.2) is 0 Å². The van der Waals surface area contributed by atoms with E-state index in [9.17, 15) is 96.7 Å². The van der Waals surface area contributed by atoms with E-state index in [1.165, 1.54) is 11.1 Å². The molecule has 31 nitrogen and oxygen atoms in total. The van der Waals surface area contributed by atoms with E-state index < -0.39 is 245 Å². The number of carbonyl (C=O) groups is 1. The average Bonchev–Trinajstić information content (AvgIpc) is 1.60. The summed E-state index contributed by atoms with van der Waals surface area (Å²) in [5, 5.41) is 197. The molecule has 558 valence electrons. The molecule has 0 aromatic heterocycles. The van der Waals surface area contributed by atoms with E-state index in [1.54, 1.807) is 0 Å². The minimum Gasteiger partial charge on any atom is -0.481 e. The molecule has 10 aliphatic rings. The van der Waals surface area contributed by atoms with E-state index in [1.807, 2.05) is 0 Å². The molecule has 0 unspecified atom stereocenters. The molecule has 6 saturated heterocycles. The number of ether oxygens (including phenoxy) is 12. The molecule has 10 rings (SSSR count). The maximum absolute atomic E-state index is 14.1. The summed E-state index contributed by atoms with van der Waals surface area (Å²) in [5.74, 6) is 0.0465. The second-order valence-corrected chi connectivity index (χ2v) is 30.2. The third-order valence-electron chi connectivity index (χ3n) is 24.2. The molecule has 4 aliphatic carbocycles. The number of aliphatic carboxylic acids is 1. The van der Waals surface area contributed by atoms with Crippen LogP contribution in [0.5, 0.6) is 0 Å². The molecule has 97 heavy (non-hydrogen) atoms. The quantitative estimate of drug-likeness (QED) is 0.0440. The summed E-state index contributed by atoms with van der Waals surface area (Å²) < 4.78 is 73.0. The minimum absolute atomic E-state index is 0.0523. The van der Waals surface area contributed by atoms with E-state index in [0.717, 1.165) is 37.7 Å². The van der Waals surface area contributed by atoms with E-state index >= 15 is 0 Å². The monoisotopic (exact) mass is 1400 g/mol. The minimum atomic E-state index is -2.15. The Morgan fingerprint density at radius 3 is 1.61 bits per heavy atom. The number of carboxylic acids is 1. The zero-order chi connectivity index (χ0) is 70.9. The Bertz CT molecular complexity index is 2670. The molecular formula is C66H108O31. The van der Waals surface area contributed by atoms with Gasteiger partial charge in [-0.15, -0.1) is 0 Å². The fourth-order valence-corrected chi connectivity index (χ4v) is 18.3. The number of aliphatic hydroxyl groups is 17. The van der Waals surface area contributed by atoms with Gasteiger partial charge in [0.15, 0.2) is 37.7 Å². The van der Waals surface area contributed by atoms with Gasteiger partial charge in [-0.1, -0.05) is 71.8 Å². The van der Waals surface area contributed by atoms with Gasteiger partial charge in [0.25, 0.3) is 0 Å². The molecule has 2 saturated carbocycles. The van der Waals surface area contributed by atoms with Crippen LogP contribution in [0.25, 0.3) is 0 Å². The molecular weight excluding hydrogens is 1290 g/mol. The van der Waals surface area contributed by atoms with Crippen LogP contribution in [0.1, 0.15) is 119 Å². The lowest BCUT2D eigenvalue weighted by Crippen LogP contribution is -2.67. The molecule has 0 bridgehead atoms. The highest BCUT2D eigenvalue weighted by molar-refractivity contribution is 5.82. The Morgan fingerprint density at radius 1 is 0.515 bits per heavy atom. The van der Waals surface area contributed by atoms with Crippen LogP contribution in [0.2, 0.25) is 0 Å². The van der Waals surface area contributed by atoms with Crippen LogP contribution in [0.3, 0.4) is 0 Å². The zero-order valence-corrected chi connectivity index (χ0v) is 56.1. The van der Waals surface area contributed by atoms with Crippen molar-refractivity contribution in [2.45, 2.75) is 297 Å². The molecule has 8 fully saturated rings. The fraction of sp³-hybridized carbons (Fsp3) is 0.924. The summed E-state index contributed by atoms with van der Waals surface area (Å²) in [6.07, 6.45) is -44.7. The van der Waals surface area contributed by atoms with Crippen molar-refractivity contribution in [3.8, 4) is 0 Å². The van der Waals surface area contributed by atoms with Crippen molar-refractivity contribution in [1.29, 1.82) is 0 Å². The van der Waals surface area contributed by atoms with E-state index in [4.69, 9.17) is 56.8 Å². The van der Waals surface area contributed by atoms with Crippen molar-refractivity contribution in [3.63, 3.8) is 0 Å². The van der Waals surface area contributed by atoms with Crippen LogP contribution in [-0.4, -0.2) is 316 Å². The van der Waals surface area contributed by atoms with E-state index in [0.29, 0.717) is 43.9 Å². The summed E-state index contributed by atoms with van der Waals surface area (Å²) in [5.41, 5.74) is 0.864. The highest BCUT2D eigenvalue weighted by Crippen LogP contribution is 2.73. The molecule has 0 amide bonds. The summed E-state index contributed by atoms with van der Waals surface area (Å²) in [4.78, 5) is 14.1. The zero-order valence-electron chi connectivity index (χ0n) is 56.1. The van der Waals surface area contributed by atoms with E-state index in [2.05, 4.69) is 55.0 Å². The normalized spacial score (nSPS) is 49.8. The first-order valence-corrected chi connectivity index (χ1v) is 34.4. The SMILES string of the molecule is C=C(CC[C@@H](C)[C@H]1CC[C@@]2(C(=O)O)C3=C(CC[C@]12C)[C@@]1(C)CC[C@H](O[C@@H]2OC[C@H](O)[C@H](O[C@@H]4O[C@H](CO)C[C@H](O[C@@H]5O[C@H](CO)[C@H](O[C@@H]6O[C@H](CO)[C@@H](O)[C@H](O)[C@H]6O[C@@H]6O[C@H](CO)[C@@H](O)[C@H](O)[C@H]6O)[C@H](O)[C@H]5O)[C@H]4O)[C@H]2O[C@@H]2O[C@H](CO)[C@H](O)[C@H](O)[C@H]2O)C(C)(C)[C@@H]1CC3)C(C)C. The van der Waals surface area contributed by atoms with Crippen molar-refractivity contribution in [2.75, 3.05) is 39.6 Å². The average molecular weight is 1400 g/mol. The van der Waals surface area contributed by atoms with Gasteiger partial charge in [-0.2, -0.15) is 0 Å². The Kier molecular flexibility index (Phi) is 24.6. The molecule has 6 aliphatic heterocycles. The number of hydrogen-bond donors (Lipinski definition) is 18. The number of rotatable bonds is 23. The lowest BCUT2D eigenvalue weighted by Gasteiger charge is -2.62. The Balaban J connectivity index is 0.869. The van der Waals surface area contributed by atoms with Crippen LogP contribution in [-0.2, 0) is 61.6 Å². The van der Waals surface area contributed by atoms with Crippen LogP contribution in [0.15, 0.2) is 23.3 Å². The van der Waals surface area contributed by atoms with Gasteiger partial charge >= 0.3 is 5.97 Å². The van der Waals surface area contributed by atoms with Crippen molar-refractivity contribution < 1.29 is 154 Å². The number of hydrogen-bond acceptors (Lipinski definition) is 30. The first-order valence-electron chi connectivity index (χ1n) is 34.4. The van der Waals surface area contributed by atoms with E-state index in [-0.39, 0.29) is 18.3 Å². The maximum atomic E-state index is 14.1. The third kappa shape index (κ3) is 14.2. The predicted octanol–water partition coefficient (Wildman–Crippen LogP) is -3.60. The van der Waals surface area contributed by atoms with Crippen LogP contribution >= 0.6 is 0 Å². The molecule has 31 heteroatoms. The number of fused-ring (bicyclic) bond motifs is 4. The second kappa shape index (κ2) is 30.9. The van der Waals surface area contributed by atoms with Crippen molar-refractivity contribution >= 4 is 5.97 Å².